The molecule has 2 N–H and O–H groups in total. The van der Waals surface area contributed by atoms with Crippen molar-refractivity contribution in [3.63, 3.8) is 0 Å². The number of benzene rings is 4. The Morgan fingerprint density at radius 3 is 2.43 bits per heavy atom. The van der Waals surface area contributed by atoms with Gasteiger partial charge in [0.05, 0.1) is 11.0 Å². The second kappa shape index (κ2) is 16.0. The summed E-state index contributed by atoms with van der Waals surface area (Å²) in [6.45, 7) is 2.37. The van der Waals surface area contributed by atoms with E-state index in [0.29, 0.717) is 12.0 Å². The van der Waals surface area contributed by atoms with Gasteiger partial charge in [0.2, 0.25) is 0 Å². The largest absolute Gasteiger partial charge is 0.393 e. The van der Waals surface area contributed by atoms with Gasteiger partial charge in [0.25, 0.3) is 0 Å². The van der Waals surface area contributed by atoms with E-state index in [9.17, 15) is 0 Å². The predicted octanol–water partition coefficient (Wildman–Crippen LogP) is 13.1. The van der Waals surface area contributed by atoms with Crippen LogP contribution in [-0.4, -0.2) is 17.7 Å². The zero-order chi connectivity index (χ0) is 37.8. The highest BCUT2D eigenvalue weighted by Crippen LogP contribution is 2.39. The Balaban J connectivity index is 1.03. The Morgan fingerprint density at radius 2 is 1.59 bits per heavy atom. The third-order valence-electron chi connectivity index (χ3n) is 11.9. The molecule has 1 unspecified atom stereocenters. The molecule has 2 atom stereocenters. The Hall–Kier alpha value is -6.06. The maximum absolute atomic E-state index is 3.89. The summed E-state index contributed by atoms with van der Waals surface area (Å²) in [5, 5.41) is 9.71. The van der Waals surface area contributed by atoms with Crippen molar-refractivity contribution in [1.82, 2.24) is 15.2 Å². The fraction of sp³-hybridized carbons (Fsp3) is 0.208. The van der Waals surface area contributed by atoms with Gasteiger partial charge in [-0.25, -0.2) is 0 Å². The van der Waals surface area contributed by atoms with Crippen LogP contribution in [0.5, 0.6) is 0 Å². The second-order valence-corrected chi connectivity index (χ2v) is 15.6. The van der Waals surface area contributed by atoms with E-state index in [1.165, 1.54) is 83.3 Å². The lowest BCUT2D eigenvalue weighted by Crippen LogP contribution is -2.29. The lowest BCUT2D eigenvalue weighted by Gasteiger charge is -2.28. The van der Waals surface area contributed by atoms with Crippen LogP contribution < -0.4 is 10.6 Å². The smallest absolute Gasteiger partial charge is 0.0541 e. The molecule has 0 aliphatic heterocycles. The molecule has 0 radical (unpaired) electrons. The normalized spacial score (nSPS) is 20.5. The van der Waals surface area contributed by atoms with Crippen LogP contribution in [0.15, 0.2) is 186 Å². The molecule has 0 spiro atoms. The van der Waals surface area contributed by atoms with Crippen LogP contribution in [0, 0.1) is 5.92 Å². The number of nitrogens with one attached hydrogen (secondary N) is 2. The van der Waals surface area contributed by atoms with Gasteiger partial charge in [0.15, 0.2) is 0 Å². The van der Waals surface area contributed by atoms with Gasteiger partial charge in [-0.2, -0.15) is 0 Å². The number of aromatic nitrogens is 1. The molecule has 4 aliphatic rings. The van der Waals surface area contributed by atoms with E-state index in [0.717, 1.165) is 44.9 Å². The van der Waals surface area contributed by atoms with Gasteiger partial charge in [-0.15, -0.1) is 0 Å². The average molecular weight is 730 g/mol. The summed E-state index contributed by atoms with van der Waals surface area (Å²) in [4.78, 5) is 0. The van der Waals surface area contributed by atoms with Crippen molar-refractivity contribution in [2.24, 2.45) is 5.92 Å². The minimum absolute atomic E-state index is 0.364. The molecule has 56 heavy (non-hydrogen) atoms. The number of nitrogens with zero attached hydrogens (tertiary/aromatic N) is 1. The van der Waals surface area contributed by atoms with Crippen LogP contribution >= 0.6 is 0 Å². The average Bonchev–Trinajstić information content (AvgIpc) is 3.58. The van der Waals surface area contributed by atoms with Gasteiger partial charge in [-0.3, -0.25) is 0 Å². The van der Waals surface area contributed by atoms with E-state index < -0.39 is 0 Å². The third-order valence-corrected chi connectivity index (χ3v) is 11.9. The summed E-state index contributed by atoms with van der Waals surface area (Å²) in [7, 11) is 1.98. The summed E-state index contributed by atoms with van der Waals surface area (Å²) in [6, 6.07) is 34.4. The standard InChI is InChI=1S/C53H51N3/c1-37-24-25-42(34-49(37)47-20-9-11-22-51(47)55-45-18-7-4-8-19-45)39-26-29-46(30-27-39)56-52-23-12-10-21-48(52)50-35-43(28-31-53(50)56)40-16-13-17-41(33-40)44(36-54-2)32-38-14-5-3-6-15-38/h3-5,7-10,12-13,16-18,20-21,23,25-37,45,54-55H,6,11,14-15,19,22,24H2,1-2H3/b38-32+,44-36+/t37-,45?/m1/s1. The van der Waals surface area contributed by atoms with Crippen LogP contribution in [0.4, 0.5) is 0 Å². The number of hydrogen-bond donors (Lipinski definition) is 2. The number of rotatable bonds is 9. The molecule has 0 saturated heterocycles. The molecule has 3 heteroatoms. The monoisotopic (exact) mass is 729 g/mol. The summed E-state index contributed by atoms with van der Waals surface area (Å²) in [5.74, 6) is 0.475. The maximum atomic E-state index is 3.89. The highest BCUT2D eigenvalue weighted by molar-refractivity contribution is 6.10. The molecule has 1 aromatic heterocycles. The number of fused-ring (bicyclic) bond motifs is 3. The van der Waals surface area contributed by atoms with Gasteiger partial charge < -0.3 is 15.2 Å². The maximum Gasteiger partial charge on any atom is 0.0541 e. The molecule has 9 rings (SSSR count). The van der Waals surface area contributed by atoms with Gasteiger partial charge >= 0.3 is 0 Å². The topological polar surface area (TPSA) is 29.0 Å². The first-order valence-electron chi connectivity index (χ1n) is 20.5. The van der Waals surface area contributed by atoms with Crippen LogP contribution in [0.3, 0.4) is 0 Å². The molecule has 0 amide bonds. The van der Waals surface area contributed by atoms with E-state index in [-0.39, 0.29) is 0 Å². The Labute approximate surface area is 332 Å². The highest BCUT2D eigenvalue weighted by atomic mass is 15.0. The summed E-state index contributed by atoms with van der Waals surface area (Å²) in [6.07, 6.45) is 35.0. The molecule has 5 aromatic rings. The van der Waals surface area contributed by atoms with E-state index in [4.69, 9.17) is 0 Å². The summed E-state index contributed by atoms with van der Waals surface area (Å²) >= 11 is 0. The van der Waals surface area contributed by atoms with Crippen molar-refractivity contribution in [3.8, 4) is 16.8 Å². The zero-order valence-electron chi connectivity index (χ0n) is 32.6. The third kappa shape index (κ3) is 7.22. The lowest BCUT2D eigenvalue weighted by molar-refractivity contribution is 0.629. The molecule has 4 aromatic carbocycles. The second-order valence-electron chi connectivity index (χ2n) is 15.6. The first-order valence-corrected chi connectivity index (χ1v) is 20.5. The predicted molar refractivity (Wildman–Crippen MR) is 239 cm³/mol. The Kier molecular flexibility index (Phi) is 10.2. The van der Waals surface area contributed by atoms with Gasteiger partial charge in [0, 0.05) is 41.4 Å². The Morgan fingerprint density at radius 1 is 0.750 bits per heavy atom. The van der Waals surface area contributed by atoms with Crippen LogP contribution in [0.25, 0.3) is 49.8 Å². The Bertz CT molecular complexity index is 2570. The first kappa shape index (κ1) is 35.6. The van der Waals surface area contributed by atoms with Crippen LogP contribution in [0.1, 0.15) is 63.0 Å². The molecule has 0 fully saturated rings. The molecule has 278 valence electrons. The zero-order valence-corrected chi connectivity index (χ0v) is 32.6. The van der Waals surface area contributed by atoms with Crippen molar-refractivity contribution in [1.29, 1.82) is 0 Å². The van der Waals surface area contributed by atoms with Crippen molar-refractivity contribution in [3.05, 3.63) is 198 Å². The number of para-hydroxylation sites is 1. The number of hydrogen-bond acceptors (Lipinski definition) is 2. The fourth-order valence-electron chi connectivity index (χ4n) is 8.89. The molecular weight excluding hydrogens is 679 g/mol. The van der Waals surface area contributed by atoms with E-state index in [2.05, 4.69) is 186 Å². The van der Waals surface area contributed by atoms with Crippen molar-refractivity contribution in [2.45, 2.75) is 57.9 Å². The minimum Gasteiger partial charge on any atom is -0.393 e. The molecule has 0 bridgehead atoms. The van der Waals surface area contributed by atoms with Crippen LogP contribution in [-0.2, 0) is 0 Å². The summed E-state index contributed by atoms with van der Waals surface area (Å²) < 4.78 is 2.43. The fourth-order valence-corrected chi connectivity index (χ4v) is 8.89. The van der Waals surface area contributed by atoms with Gasteiger partial charge in [0.1, 0.15) is 0 Å². The van der Waals surface area contributed by atoms with E-state index in [1.807, 2.05) is 7.05 Å². The van der Waals surface area contributed by atoms with E-state index >= 15 is 0 Å². The van der Waals surface area contributed by atoms with Gasteiger partial charge in [-0.05, 0) is 132 Å². The summed E-state index contributed by atoms with van der Waals surface area (Å²) in [5.41, 5.74) is 16.8. The molecule has 1 heterocycles. The molecule has 4 aliphatic carbocycles. The lowest BCUT2D eigenvalue weighted by atomic mass is 9.81. The molecule has 0 saturated carbocycles. The SMILES string of the molecule is CN/C=C(\C=C1/CC=CCC1)c1cccc(-c2ccc3c(c2)c2ccccc2n3-c2ccc(C3=CC[C@@H](C)C(C4=C(NC5C=CC=CC5)CCC=C4)=C3)cc2)c1. The van der Waals surface area contributed by atoms with Crippen molar-refractivity contribution in [2.75, 3.05) is 7.05 Å². The minimum atomic E-state index is 0.364. The quantitative estimate of drug-likeness (QED) is 0.148. The van der Waals surface area contributed by atoms with Crippen LogP contribution in [0.2, 0.25) is 0 Å². The number of allylic oxidation sites excluding steroid dienone is 15. The van der Waals surface area contributed by atoms with E-state index in [1.54, 1.807) is 0 Å². The van der Waals surface area contributed by atoms with Crippen molar-refractivity contribution < 1.29 is 0 Å². The molecular formula is C53H51N3. The first-order chi connectivity index (χ1) is 27.6. The molecule has 3 nitrogen and oxygen atoms in total. The van der Waals surface area contributed by atoms with Gasteiger partial charge in [-0.1, -0.05) is 134 Å². The highest BCUT2D eigenvalue weighted by Gasteiger charge is 2.22. The van der Waals surface area contributed by atoms with Crippen molar-refractivity contribution >= 4 is 33.0 Å².